The normalized spacial score (nSPS) is 17.3. The minimum absolute atomic E-state index is 0.174. The molecular weight excluding hydrogens is 282 g/mol. The smallest absolute Gasteiger partial charge is 0.158 e. The second kappa shape index (κ2) is 6.00. The Kier molecular flexibility index (Phi) is 4.09. The third kappa shape index (κ3) is 3.02. The maximum absolute atomic E-state index is 12.6. The van der Waals surface area contributed by atoms with Crippen LogP contribution in [0.1, 0.15) is 28.3 Å². The Balaban J connectivity index is 1.83. The second-order valence-electron chi connectivity index (χ2n) is 5.57. The Morgan fingerprint density at radius 1 is 1.29 bits per heavy atom. The molecule has 2 aromatic carbocycles. The molecule has 2 nitrogen and oxygen atoms in total. The molecule has 108 valence electrons. The summed E-state index contributed by atoms with van der Waals surface area (Å²) >= 11 is 6.24. The van der Waals surface area contributed by atoms with Crippen molar-refractivity contribution in [3.05, 3.63) is 69.7 Å². The minimum atomic E-state index is -0.215. The Morgan fingerprint density at radius 3 is 2.90 bits per heavy atom. The first-order chi connectivity index (χ1) is 10.1. The van der Waals surface area contributed by atoms with E-state index in [0.29, 0.717) is 11.4 Å². The molecule has 0 bridgehead atoms. The lowest BCUT2D eigenvalue weighted by Gasteiger charge is -2.26. The number of benzene rings is 2. The van der Waals surface area contributed by atoms with E-state index < -0.39 is 0 Å². The van der Waals surface area contributed by atoms with E-state index in [0.717, 1.165) is 29.7 Å². The van der Waals surface area contributed by atoms with Gasteiger partial charge in [-0.1, -0.05) is 48.0 Å². The second-order valence-corrected chi connectivity index (χ2v) is 5.98. The number of Topliss-reactive ketones (excluding diaryl/α,β-unsaturated/α-hetero) is 1. The van der Waals surface area contributed by atoms with Crippen LogP contribution in [0.2, 0.25) is 5.02 Å². The molecule has 0 aliphatic carbocycles. The summed E-state index contributed by atoms with van der Waals surface area (Å²) in [7, 11) is 0. The number of halogens is 1. The van der Waals surface area contributed by atoms with E-state index in [1.54, 1.807) is 0 Å². The van der Waals surface area contributed by atoms with Crippen LogP contribution in [0.3, 0.4) is 0 Å². The molecule has 1 atom stereocenters. The van der Waals surface area contributed by atoms with Crippen LogP contribution in [0.4, 0.5) is 0 Å². The van der Waals surface area contributed by atoms with Crippen LogP contribution in [-0.4, -0.2) is 12.3 Å². The van der Waals surface area contributed by atoms with Crippen molar-refractivity contribution in [1.82, 2.24) is 5.32 Å². The molecule has 1 aliphatic rings. The van der Waals surface area contributed by atoms with E-state index in [2.05, 4.69) is 11.4 Å². The first-order valence-electron chi connectivity index (χ1n) is 7.24. The lowest BCUT2D eigenvalue weighted by atomic mass is 9.90. The standard InChI is InChI=1S/C18H18ClNO/c1-12-6-7-14(16(19)10-12)11-17(21)18-15-5-3-2-4-13(15)8-9-20-18/h2-7,10,18,20H,8-9,11H2,1H3. The van der Waals surface area contributed by atoms with Gasteiger partial charge in [-0.2, -0.15) is 0 Å². The summed E-state index contributed by atoms with van der Waals surface area (Å²) < 4.78 is 0. The molecule has 0 radical (unpaired) electrons. The number of fused-ring (bicyclic) bond motifs is 1. The van der Waals surface area contributed by atoms with Gasteiger partial charge in [0.25, 0.3) is 0 Å². The number of ketones is 1. The Morgan fingerprint density at radius 2 is 2.10 bits per heavy atom. The van der Waals surface area contributed by atoms with Gasteiger partial charge in [0.15, 0.2) is 5.78 Å². The summed E-state index contributed by atoms with van der Waals surface area (Å²) in [6.45, 7) is 2.84. The minimum Gasteiger partial charge on any atom is -0.303 e. The topological polar surface area (TPSA) is 29.1 Å². The first-order valence-corrected chi connectivity index (χ1v) is 7.62. The molecule has 0 aromatic heterocycles. The van der Waals surface area contributed by atoms with Crippen LogP contribution in [0, 0.1) is 6.92 Å². The Bertz CT molecular complexity index is 681. The van der Waals surface area contributed by atoms with Crippen molar-refractivity contribution in [1.29, 1.82) is 0 Å². The highest BCUT2D eigenvalue weighted by Gasteiger charge is 2.25. The van der Waals surface area contributed by atoms with Gasteiger partial charge in [0.2, 0.25) is 0 Å². The van der Waals surface area contributed by atoms with Gasteiger partial charge in [-0.3, -0.25) is 4.79 Å². The van der Waals surface area contributed by atoms with Crippen LogP contribution in [0.5, 0.6) is 0 Å². The van der Waals surface area contributed by atoms with Crippen molar-refractivity contribution < 1.29 is 4.79 Å². The van der Waals surface area contributed by atoms with Crippen LogP contribution < -0.4 is 5.32 Å². The van der Waals surface area contributed by atoms with Crippen molar-refractivity contribution >= 4 is 17.4 Å². The fraction of sp³-hybridized carbons (Fsp3) is 0.278. The molecule has 0 fully saturated rings. The van der Waals surface area contributed by atoms with Gasteiger partial charge >= 0.3 is 0 Å². The van der Waals surface area contributed by atoms with Crippen molar-refractivity contribution in [2.75, 3.05) is 6.54 Å². The van der Waals surface area contributed by atoms with Gasteiger partial charge < -0.3 is 5.32 Å². The van der Waals surface area contributed by atoms with E-state index >= 15 is 0 Å². The van der Waals surface area contributed by atoms with Crippen LogP contribution >= 0.6 is 11.6 Å². The molecule has 3 rings (SSSR count). The predicted molar refractivity (Wildman–Crippen MR) is 85.8 cm³/mol. The van der Waals surface area contributed by atoms with Crippen LogP contribution in [0.25, 0.3) is 0 Å². The number of carbonyl (C=O) groups is 1. The third-order valence-corrected chi connectivity index (χ3v) is 4.36. The van der Waals surface area contributed by atoms with Gasteiger partial charge in [-0.25, -0.2) is 0 Å². The monoisotopic (exact) mass is 299 g/mol. The van der Waals surface area contributed by atoms with E-state index in [-0.39, 0.29) is 11.8 Å². The van der Waals surface area contributed by atoms with Crippen LogP contribution in [-0.2, 0) is 17.6 Å². The number of hydrogen-bond donors (Lipinski definition) is 1. The maximum Gasteiger partial charge on any atom is 0.158 e. The average Bonchev–Trinajstić information content (AvgIpc) is 2.49. The summed E-state index contributed by atoms with van der Waals surface area (Å²) in [5, 5.41) is 4.01. The number of aryl methyl sites for hydroxylation is 1. The molecule has 0 saturated heterocycles. The fourth-order valence-electron chi connectivity index (χ4n) is 2.88. The zero-order chi connectivity index (χ0) is 14.8. The maximum atomic E-state index is 12.6. The van der Waals surface area contributed by atoms with Gasteiger partial charge in [-0.05, 0) is 41.7 Å². The van der Waals surface area contributed by atoms with E-state index in [9.17, 15) is 4.79 Å². The fourth-order valence-corrected chi connectivity index (χ4v) is 3.18. The van der Waals surface area contributed by atoms with E-state index in [1.165, 1.54) is 5.56 Å². The lowest BCUT2D eigenvalue weighted by molar-refractivity contribution is -0.120. The summed E-state index contributed by atoms with van der Waals surface area (Å²) in [5.74, 6) is 0.174. The van der Waals surface area contributed by atoms with Crippen molar-refractivity contribution in [3.8, 4) is 0 Å². The molecule has 0 saturated carbocycles. The molecule has 3 heteroatoms. The highest BCUT2D eigenvalue weighted by atomic mass is 35.5. The molecule has 1 heterocycles. The van der Waals surface area contributed by atoms with E-state index in [1.807, 2.05) is 43.3 Å². The summed E-state index contributed by atoms with van der Waals surface area (Å²) in [4.78, 5) is 12.6. The molecule has 0 spiro atoms. The molecule has 1 aliphatic heterocycles. The van der Waals surface area contributed by atoms with Crippen molar-refractivity contribution in [2.45, 2.75) is 25.8 Å². The summed E-state index contributed by atoms with van der Waals surface area (Å²) in [5.41, 5.74) is 4.39. The molecule has 21 heavy (non-hydrogen) atoms. The van der Waals surface area contributed by atoms with Crippen LogP contribution in [0.15, 0.2) is 42.5 Å². The third-order valence-electron chi connectivity index (χ3n) is 4.00. The van der Waals surface area contributed by atoms with Crippen molar-refractivity contribution in [3.63, 3.8) is 0 Å². The Labute approximate surface area is 130 Å². The SMILES string of the molecule is Cc1ccc(CC(=O)C2NCCc3ccccc32)c(Cl)c1. The molecule has 2 aromatic rings. The molecule has 1 N–H and O–H groups in total. The van der Waals surface area contributed by atoms with Gasteiger partial charge in [0, 0.05) is 18.0 Å². The number of nitrogens with one attached hydrogen (secondary N) is 1. The first kappa shape index (κ1) is 14.3. The largest absolute Gasteiger partial charge is 0.303 e. The number of hydrogen-bond acceptors (Lipinski definition) is 2. The lowest BCUT2D eigenvalue weighted by Crippen LogP contribution is -2.35. The number of carbonyl (C=O) groups excluding carboxylic acids is 1. The van der Waals surface area contributed by atoms with Gasteiger partial charge in [0.1, 0.15) is 0 Å². The van der Waals surface area contributed by atoms with Crippen molar-refractivity contribution in [2.24, 2.45) is 0 Å². The highest BCUT2D eigenvalue weighted by Crippen LogP contribution is 2.26. The predicted octanol–water partition coefficient (Wildman–Crippen LogP) is 3.65. The van der Waals surface area contributed by atoms with Gasteiger partial charge in [-0.15, -0.1) is 0 Å². The summed E-state index contributed by atoms with van der Waals surface area (Å²) in [6.07, 6.45) is 1.34. The molecule has 1 unspecified atom stereocenters. The average molecular weight is 300 g/mol. The molecule has 0 amide bonds. The zero-order valence-corrected chi connectivity index (χ0v) is 12.8. The Hall–Kier alpha value is -1.64. The number of rotatable bonds is 3. The highest BCUT2D eigenvalue weighted by molar-refractivity contribution is 6.31. The van der Waals surface area contributed by atoms with Gasteiger partial charge in [0.05, 0.1) is 6.04 Å². The summed E-state index contributed by atoms with van der Waals surface area (Å²) in [6, 6.07) is 13.8. The molecular formula is C18H18ClNO. The van der Waals surface area contributed by atoms with E-state index in [4.69, 9.17) is 11.6 Å². The zero-order valence-electron chi connectivity index (χ0n) is 12.0. The quantitative estimate of drug-likeness (QED) is 0.937.